The SMILES string of the molecule is COc1ccc2c(c1)CCc1cnc(-n3cc(C(=O)NCCCc4ccncc4)c(N)n3)nc1-2. The van der Waals surface area contributed by atoms with E-state index in [1.165, 1.54) is 15.8 Å². The van der Waals surface area contributed by atoms with Crippen molar-refractivity contribution in [2.24, 2.45) is 0 Å². The zero-order chi connectivity index (χ0) is 23.5. The van der Waals surface area contributed by atoms with Crippen LogP contribution in [0.2, 0.25) is 0 Å². The van der Waals surface area contributed by atoms with Crippen molar-refractivity contribution in [1.82, 2.24) is 30.0 Å². The number of nitrogens with zero attached hydrogens (tertiary/aromatic N) is 5. The van der Waals surface area contributed by atoms with Crippen LogP contribution in [0.4, 0.5) is 5.82 Å². The molecule has 3 aromatic heterocycles. The van der Waals surface area contributed by atoms with Crippen molar-refractivity contribution in [2.75, 3.05) is 19.4 Å². The predicted octanol–water partition coefficient (Wildman–Crippen LogP) is 2.78. The van der Waals surface area contributed by atoms with Crippen molar-refractivity contribution in [3.8, 4) is 23.0 Å². The molecule has 1 amide bonds. The lowest BCUT2D eigenvalue weighted by molar-refractivity contribution is 0.0954. The average Bonchev–Trinajstić information content (AvgIpc) is 3.28. The Kier molecular flexibility index (Phi) is 5.90. The molecule has 34 heavy (non-hydrogen) atoms. The van der Waals surface area contributed by atoms with E-state index in [2.05, 4.69) is 20.4 Å². The number of benzene rings is 1. The number of ether oxygens (including phenoxy) is 1. The first-order chi connectivity index (χ1) is 16.6. The Hall–Kier alpha value is -4.27. The average molecular weight is 456 g/mol. The van der Waals surface area contributed by atoms with E-state index in [9.17, 15) is 4.79 Å². The van der Waals surface area contributed by atoms with Crippen LogP contribution in [0.15, 0.2) is 55.1 Å². The van der Waals surface area contributed by atoms with Crippen LogP contribution >= 0.6 is 0 Å². The monoisotopic (exact) mass is 455 g/mol. The normalized spacial score (nSPS) is 12.0. The second kappa shape index (κ2) is 9.30. The largest absolute Gasteiger partial charge is 0.497 e. The van der Waals surface area contributed by atoms with Gasteiger partial charge in [-0.1, -0.05) is 0 Å². The van der Waals surface area contributed by atoms with Gasteiger partial charge in [-0.25, -0.2) is 14.6 Å². The highest BCUT2D eigenvalue weighted by molar-refractivity contribution is 5.98. The van der Waals surface area contributed by atoms with Gasteiger partial charge in [0.2, 0.25) is 0 Å². The minimum absolute atomic E-state index is 0.137. The number of rotatable bonds is 7. The number of pyridine rings is 1. The summed E-state index contributed by atoms with van der Waals surface area (Å²) in [7, 11) is 1.66. The molecule has 1 aliphatic carbocycles. The van der Waals surface area contributed by atoms with E-state index in [0.29, 0.717) is 18.1 Å². The molecule has 0 unspecified atom stereocenters. The van der Waals surface area contributed by atoms with E-state index in [1.807, 2.05) is 36.5 Å². The van der Waals surface area contributed by atoms with Gasteiger partial charge in [0.15, 0.2) is 5.82 Å². The summed E-state index contributed by atoms with van der Waals surface area (Å²) in [5.74, 6) is 1.06. The quantitative estimate of drug-likeness (QED) is 0.411. The number of nitrogen functional groups attached to an aromatic ring is 1. The smallest absolute Gasteiger partial charge is 0.256 e. The highest BCUT2D eigenvalue weighted by Crippen LogP contribution is 2.34. The van der Waals surface area contributed by atoms with E-state index in [4.69, 9.17) is 15.5 Å². The molecule has 1 aliphatic rings. The maximum absolute atomic E-state index is 12.7. The van der Waals surface area contributed by atoms with Gasteiger partial charge in [0, 0.05) is 36.9 Å². The standard InChI is InChI=1S/C25H25N7O2/c1-34-19-6-7-20-17(13-19)4-5-18-14-29-25(30-22(18)20)32-15-21(23(26)31-32)24(33)28-10-2-3-16-8-11-27-12-9-16/h6-9,11-15H,2-5,10H2,1H3,(H2,26,31)(H,28,33). The van der Waals surface area contributed by atoms with E-state index in [-0.39, 0.29) is 11.7 Å². The third-order valence-electron chi connectivity index (χ3n) is 5.95. The number of anilines is 1. The third kappa shape index (κ3) is 4.32. The minimum atomic E-state index is -0.270. The number of nitrogens with one attached hydrogen (secondary N) is 1. The number of carbonyl (C=O) groups is 1. The van der Waals surface area contributed by atoms with Crippen LogP contribution < -0.4 is 15.8 Å². The number of fused-ring (bicyclic) bond motifs is 3. The Morgan fingerprint density at radius 3 is 2.82 bits per heavy atom. The molecule has 0 saturated carbocycles. The fourth-order valence-electron chi connectivity index (χ4n) is 4.13. The lowest BCUT2D eigenvalue weighted by atomic mass is 9.90. The van der Waals surface area contributed by atoms with E-state index < -0.39 is 0 Å². The Morgan fingerprint density at radius 1 is 1.18 bits per heavy atom. The number of hydrogen-bond donors (Lipinski definition) is 2. The number of aromatic nitrogens is 5. The van der Waals surface area contributed by atoms with Gasteiger partial charge in [0.1, 0.15) is 11.3 Å². The molecule has 4 aromatic rings. The zero-order valence-electron chi connectivity index (χ0n) is 18.9. The molecule has 3 N–H and O–H groups in total. The molecule has 5 rings (SSSR count). The number of carbonyl (C=O) groups excluding carboxylic acids is 1. The van der Waals surface area contributed by atoms with Crippen LogP contribution in [0.1, 0.15) is 33.5 Å². The third-order valence-corrected chi connectivity index (χ3v) is 5.95. The number of aryl methyl sites for hydroxylation is 3. The Morgan fingerprint density at radius 2 is 2.00 bits per heavy atom. The topological polar surface area (TPSA) is 121 Å². The maximum Gasteiger partial charge on any atom is 0.256 e. The summed E-state index contributed by atoms with van der Waals surface area (Å²) in [4.78, 5) is 25.9. The van der Waals surface area contributed by atoms with E-state index >= 15 is 0 Å². The van der Waals surface area contributed by atoms with Crippen LogP contribution in [-0.2, 0) is 19.3 Å². The molecule has 0 spiro atoms. The molecule has 0 aliphatic heterocycles. The molecule has 1 aromatic carbocycles. The van der Waals surface area contributed by atoms with Crippen LogP contribution in [0.5, 0.6) is 5.75 Å². The van der Waals surface area contributed by atoms with Gasteiger partial charge in [-0.05, 0) is 72.7 Å². The second-order valence-corrected chi connectivity index (χ2v) is 8.15. The van der Waals surface area contributed by atoms with Crippen LogP contribution in [0, 0.1) is 0 Å². The van der Waals surface area contributed by atoms with Crippen molar-refractivity contribution in [2.45, 2.75) is 25.7 Å². The van der Waals surface area contributed by atoms with Gasteiger partial charge >= 0.3 is 0 Å². The van der Waals surface area contributed by atoms with Crippen LogP contribution in [-0.4, -0.2) is 44.3 Å². The lowest BCUT2D eigenvalue weighted by Crippen LogP contribution is -2.25. The van der Waals surface area contributed by atoms with Crippen LogP contribution in [0.3, 0.4) is 0 Å². The van der Waals surface area contributed by atoms with Gasteiger partial charge in [-0.2, -0.15) is 0 Å². The fourth-order valence-corrected chi connectivity index (χ4v) is 4.13. The number of hydrogen-bond acceptors (Lipinski definition) is 7. The molecular formula is C25H25N7O2. The van der Waals surface area contributed by atoms with Crippen molar-refractivity contribution < 1.29 is 9.53 Å². The number of amides is 1. The Balaban J connectivity index is 1.31. The fraction of sp³-hybridized carbons (Fsp3) is 0.240. The highest BCUT2D eigenvalue weighted by Gasteiger charge is 2.21. The van der Waals surface area contributed by atoms with Gasteiger partial charge < -0.3 is 15.8 Å². The summed E-state index contributed by atoms with van der Waals surface area (Å²) in [6.07, 6.45) is 10.3. The second-order valence-electron chi connectivity index (χ2n) is 8.15. The highest BCUT2D eigenvalue weighted by atomic mass is 16.5. The van der Waals surface area contributed by atoms with Gasteiger partial charge in [0.05, 0.1) is 12.8 Å². The Labute approximate surface area is 197 Å². The molecule has 0 bridgehead atoms. The first-order valence-electron chi connectivity index (χ1n) is 11.2. The van der Waals surface area contributed by atoms with Crippen molar-refractivity contribution in [3.63, 3.8) is 0 Å². The molecule has 0 atom stereocenters. The molecule has 172 valence electrons. The predicted molar refractivity (Wildman–Crippen MR) is 128 cm³/mol. The molecule has 9 heteroatoms. The summed E-state index contributed by atoms with van der Waals surface area (Å²) in [6, 6.07) is 9.93. The minimum Gasteiger partial charge on any atom is -0.497 e. The number of methoxy groups -OCH3 is 1. The first-order valence-corrected chi connectivity index (χ1v) is 11.2. The van der Waals surface area contributed by atoms with Crippen molar-refractivity contribution in [3.05, 3.63) is 77.4 Å². The summed E-state index contributed by atoms with van der Waals surface area (Å²) in [5.41, 5.74) is 11.7. The maximum atomic E-state index is 12.7. The molecule has 0 fully saturated rings. The van der Waals surface area contributed by atoms with E-state index in [1.54, 1.807) is 25.7 Å². The summed E-state index contributed by atoms with van der Waals surface area (Å²) in [6.45, 7) is 0.529. The molecule has 0 radical (unpaired) electrons. The zero-order valence-corrected chi connectivity index (χ0v) is 18.9. The van der Waals surface area contributed by atoms with E-state index in [0.717, 1.165) is 48.3 Å². The van der Waals surface area contributed by atoms with Gasteiger partial charge in [0.25, 0.3) is 11.9 Å². The summed E-state index contributed by atoms with van der Waals surface area (Å²) >= 11 is 0. The summed E-state index contributed by atoms with van der Waals surface area (Å²) in [5, 5.41) is 7.20. The van der Waals surface area contributed by atoms with Crippen molar-refractivity contribution >= 4 is 11.7 Å². The number of nitrogens with two attached hydrogens (primary N) is 1. The molecule has 3 heterocycles. The lowest BCUT2D eigenvalue weighted by Gasteiger charge is -2.19. The molecule has 9 nitrogen and oxygen atoms in total. The first kappa shape index (κ1) is 21.6. The molecular weight excluding hydrogens is 430 g/mol. The Bertz CT molecular complexity index is 1330. The van der Waals surface area contributed by atoms with Crippen molar-refractivity contribution in [1.29, 1.82) is 0 Å². The molecule has 0 saturated heterocycles. The van der Waals surface area contributed by atoms with Gasteiger partial charge in [-0.15, -0.1) is 5.10 Å². The summed E-state index contributed by atoms with van der Waals surface area (Å²) < 4.78 is 6.81. The van der Waals surface area contributed by atoms with Gasteiger partial charge in [-0.3, -0.25) is 9.78 Å². The van der Waals surface area contributed by atoms with Crippen LogP contribution in [0.25, 0.3) is 17.2 Å².